The molecule has 38 heavy (non-hydrogen) atoms. The second-order valence-electron chi connectivity index (χ2n) is 10.6. The van der Waals surface area contributed by atoms with Crippen LogP contribution in [-0.2, 0) is 21.2 Å². The van der Waals surface area contributed by atoms with Crippen molar-refractivity contribution in [3.8, 4) is 17.6 Å². The van der Waals surface area contributed by atoms with Crippen molar-refractivity contribution >= 4 is 15.9 Å². The minimum absolute atomic E-state index is 0.0429. The quantitative estimate of drug-likeness (QED) is 0.567. The lowest BCUT2D eigenvalue weighted by Crippen LogP contribution is -2.50. The molecule has 0 radical (unpaired) electrons. The first kappa shape index (κ1) is 28.2. The van der Waals surface area contributed by atoms with E-state index in [0.29, 0.717) is 18.0 Å². The fourth-order valence-electron chi connectivity index (χ4n) is 5.05. The molecule has 0 saturated heterocycles. The standard InChI is InChI=1S/C30H38N2O5S/c1-22-19-32(23(2)21-33)38(35,36)29-16-15-26(14-13-24-9-7-8-10-24)17-27(29)37-28(22)20-31(3)30(34)18-25-11-5-4-6-12-25/h4-6,11-12,15-17,22-24,28,33H,7-10,18-21H2,1-3H3/t22-,23+,28+/m1/s1. The van der Waals surface area contributed by atoms with E-state index in [4.69, 9.17) is 4.74 Å². The summed E-state index contributed by atoms with van der Waals surface area (Å²) in [6.07, 6.45) is 4.40. The highest BCUT2D eigenvalue weighted by Crippen LogP contribution is 2.34. The summed E-state index contributed by atoms with van der Waals surface area (Å²) in [6.45, 7) is 3.77. The first-order valence-electron chi connectivity index (χ1n) is 13.4. The summed E-state index contributed by atoms with van der Waals surface area (Å²) in [5.41, 5.74) is 1.63. The van der Waals surface area contributed by atoms with Gasteiger partial charge < -0.3 is 14.7 Å². The largest absolute Gasteiger partial charge is 0.487 e. The van der Waals surface area contributed by atoms with Crippen molar-refractivity contribution in [3.05, 3.63) is 59.7 Å². The van der Waals surface area contributed by atoms with Crippen LogP contribution in [0.4, 0.5) is 0 Å². The molecular formula is C30H38N2O5S. The Balaban J connectivity index is 1.64. The molecule has 1 amide bonds. The van der Waals surface area contributed by atoms with Crippen LogP contribution in [0.5, 0.6) is 5.75 Å². The van der Waals surface area contributed by atoms with E-state index in [2.05, 4.69) is 11.8 Å². The lowest BCUT2D eigenvalue weighted by atomic mass is 10.0. The number of hydrogen-bond acceptors (Lipinski definition) is 5. The highest BCUT2D eigenvalue weighted by atomic mass is 32.2. The molecule has 1 N–H and O–H groups in total. The Kier molecular flexibility index (Phi) is 9.14. The van der Waals surface area contributed by atoms with E-state index in [1.54, 1.807) is 37.1 Å². The summed E-state index contributed by atoms with van der Waals surface area (Å²) in [5, 5.41) is 9.85. The van der Waals surface area contributed by atoms with Crippen molar-refractivity contribution < 1.29 is 23.1 Å². The maximum atomic E-state index is 13.7. The Morgan fingerprint density at radius 3 is 2.58 bits per heavy atom. The number of aliphatic hydroxyl groups is 1. The number of fused-ring (bicyclic) bond motifs is 1. The van der Waals surface area contributed by atoms with E-state index < -0.39 is 22.2 Å². The van der Waals surface area contributed by atoms with E-state index >= 15 is 0 Å². The molecule has 1 aliphatic carbocycles. The van der Waals surface area contributed by atoms with Gasteiger partial charge in [-0.3, -0.25) is 4.79 Å². The number of sulfonamides is 1. The Morgan fingerprint density at radius 2 is 1.89 bits per heavy atom. The van der Waals surface area contributed by atoms with Crippen LogP contribution in [0.2, 0.25) is 0 Å². The van der Waals surface area contributed by atoms with E-state index in [1.807, 2.05) is 37.3 Å². The topological polar surface area (TPSA) is 87.2 Å². The zero-order valence-corrected chi connectivity index (χ0v) is 23.3. The number of hydrogen-bond donors (Lipinski definition) is 1. The maximum absolute atomic E-state index is 13.7. The van der Waals surface area contributed by atoms with Gasteiger partial charge >= 0.3 is 0 Å². The molecule has 4 rings (SSSR count). The van der Waals surface area contributed by atoms with Crippen LogP contribution in [0.3, 0.4) is 0 Å². The Labute approximate surface area is 226 Å². The Bertz CT molecular complexity index is 1280. The minimum atomic E-state index is -3.92. The molecule has 0 spiro atoms. The number of aliphatic hydroxyl groups excluding tert-OH is 1. The van der Waals surface area contributed by atoms with Gasteiger partial charge in [0.1, 0.15) is 16.7 Å². The summed E-state index contributed by atoms with van der Waals surface area (Å²) in [6, 6.07) is 13.9. The smallest absolute Gasteiger partial charge is 0.247 e. The van der Waals surface area contributed by atoms with Gasteiger partial charge in [0, 0.05) is 37.0 Å². The van der Waals surface area contributed by atoms with Crippen LogP contribution in [0.1, 0.15) is 50.7 Å². The van der Waals surface area contributed by atoms with E-state index in [9.17, 15) is 18.3 Å². The molecule has 1 fully saturated rings. The highest BCUT2D eigenvalue weighted by molar-refractivity contribution is 7.89. The molecule has 0 aromatic heterocycles. The van der Waals surface area contributed by atoms with Gasteiger partial charge in [-0.05, 0) is 43.5 Å². The van der Waals surface area contributed by atoms with Gasteiger partial charge in [-0.25, -0.2) is 8.42 Å². The average molecular weight is 539 g/mol. The van der Waals surface area contributed by atoms with Gasteiger partial charge in [0.25, 0.3) is 0 Å². The zero-order chi connectivity index (χ0) is 27.3. The summed E-state index contributed by atoms with van der Waals surface area (Å²) in [7, 11) is -2.18. The van der Waals surface area contributed by atoms with Crippen LogP contribution in [0, 0.1) is 23.7 Å². The molecule has 2 aromatic carbocycles. The molecule has 8 heteroatoms. The number of likely N-dealkylation sites (N-methyl/N-ethyl adjacent to an activating group) is 1. The van der Waals surface area contributed by atoms with Crippen LogP contribution in [0.25, 0.3) is 0 Å². The predicted molar refractivity (Wildman–Crippen MR) is 147 cm³/mol. The molecule has 1 heterocycles. The van der Waals surface area contributed by atoms with Gasteiger partial charge in [0.05, 0.1) is 19.6 Å². The molecule has 0 bridgehead atoms. The summed E-state index contributed by atoms with van der Waals surface area (Å²) in [5.74, 6) is 6.87. The molecule has 3 atom stereocenters. The van der Waals surface area contributed by atoms with E-state index in [-0.39, 0.29) is 42.0 Å². The van der Waals surface area contributed by atoms with Crippen molar-refractivity contribution in [3.63, 3.8) is 0 Å². The van der Waals surface area contributed by atoms with Crippen LogP contribution < -0.4 is 4.74 Å². The lowest BCUT2D eigenvalue weighted by molar-refractivity contribution is -0.130. The molecule has 7 nitrogen and oxygen atoms in total. The number of rotatable bonds is 6. The fourth-order valence-corrected chi connectivity index (χ4v) is 6.88. The third-order valence-corrected chi connectivity index (χ3v) is 9.54. The Morgan fingerprint density at radius 1 is 1.18 bits per heavy atom. The van der Waals surface area contributed by atoms with Crippen LogP contribution in [-0.4, -0.2) is 67.5 Å². The van der Waals surface area contributed by atoms with Crippen molar-refractivity contribution in [1.82, 2.24) is 9.21 Å². The molecule has 2 aliphatic rings. The second kappa shape index (κ2) is 12.3. The molecule has 204 valence electrons. The molecular weight excluding hydrogens is 500 g/mol. The van der Waals surface area contributed by atoms with E-state index in [1.165, 1.54) is 17.1 Å². The number of amides is 1. The number of nitrogens with zero attached hydrogens (tertiary/aromatic N) is 2. The highest BCUT2D eigenvalue weighted by Gasteiger charge is 2.38. The minimum Gasteiger partial charge on any atom is -0.487 e. The van der Waals surface area contributed by atoms with Gasteiger partial charge in [0.2, 0.25) is 15.9 Å². The number of carbonyl (C=O) groups is 1. The van der Waals surface area contributed by atoms with Crippen molar-refractivity contribution in [2.45, 2.75) is 63.0 Å². The van der Waals surface area contributed by atoms with Crippen molar-refractivity contribution in [2.75, 3.05) is 26.7 Å². The van der Waals surface area contributed by atoms with Crippen molar-refractivity contribution in [1.29, 1.82) is 0 Å². The van der Waals surface area contributed by atoms with Gasteiger partial charge in [-0.15, -0.1) is 0 Å². The Hall–Kier alpha value is -2.86. The first-order chi connectivity index (χ1) is 18.2. The molecule has 1 aliphatic heterocycles. The van der Waals surface area contributed by atoms with Crippen LogP contribution >= 0.6 is 0 Å². The zero-order valence-electron chi connectivity index (χ0n) is 22.5. The third-order valence-electron chi connectivity index (χ3n) is 7.52. The summed E-state index contributed by atoms with van der Waals surface area (Å²) < 4.78 is 35.1. The van der Waals surface area contributed by atoms with E-state index in [0.717, 1.165) is 18.4 Å². The molecule has 0 unspecified atom stereocenters. The predicted octanol–water partition coefficient (Wildman–Crippen LogP) is 3.70. The second-order valence-corrected chi connectivity index (χ2v) is 12.4. The molecule has 2 aromatic rings. The molecule has 1 saturated carbocycles. The first-order valence-corrected chi connectivity index (χ1v) is 14.9. The van der Waals surface area contributed by atoms with Gasteiger partial charge in [0.15, 0.2) is 0 Å². The number of carbonyl (C=O) groups excluding carboxylic acids is 1. The fraction of sp³-hybridized carbons (Fsp3) is 0.500. The lowest BCUT2D eigenvalue weighted by Gasteiger charge is -2.37. The number of ether oxygens (including phenoxy) is 1. The van der Waals surface area contributed by atoms with Gasteiger partial charge in [-0.1, -0.05) is 61.9 Å². The van der Waals surface area contributed by atoms with Crippen LogP contribution in [0.15, 0.2) is 53.4 Å². The summed E-state index contributed by atoms with van der Waals surface area (Å²) >= 11 is 0. The van der Waals surface area contributed by atoms with Gasteiger partial charge in [-0.2, -0.15) is 4.31 Å². The maximum Gasteiger partial charge on any atom is 0.247 e. The monoisotopic (exact) mass is 538 g/mol. The van der Waals surface area contributed by atoms with Crippen molar-refractivity contribution in [2.24, 2.45) is 11.8 Å². The third kappa shape index (κ3) is 6.58. The normalized spacial score (nSPS) is 22.2. The summed E-state index contributed by atoms with van der Waals surface area (Å²) in [4.78, 5) is 14.7. The SMILES string of the molecule is C[C@@H]1CN([C@@H](C)CO)S(=O)(=O)c2ccc(C#CC3CCCC3)cc2O[C@H]1CN(C)C(=O)Cc1ccccc1. The average Bonchev–Trinajstić information content (AvgIpc) is 3.43. The number of benzene rings is 2.